The Morgan fingerprint density at radius 3 is 2.20 bits per heavy atom. The van der Waals surface area contributed by atoms with Gasteiger partial charge in [0.25, 0.3) is 0 Å². The fourth-order valence-corrected chi connectivity index (χ4v) is 0.497. The molecule has 0 unspecified atom stereocenters. The summed E-state index contributed by atoms with van der Waals surface area (Å²) in [5, 5.41) is 8.36. The second-order valence-electron chi connectivity index (χ2n) is 2.25. The molecule has 0 amide bonds. The molecule has 62 valence electrons. The first-order chi connectivity index (χ1) is 4.09. The smallest absolute Gasteiger partial charge is 0.320 e. The zero-order valence-corrected chi connectivity index (χ0v) is 7.92. The van der Waals surface area contributed by atoms with Gasteiger partial charge in [0, 0.05) is 0 Å². The van der Waals surface area contributed by atoms with Crippen molar-refractivity contribution in [2.75, 3.05) is 0 Å². The number of aliphatic carboxylic acids is 1. The highest BCUT2D eigenvalue weighted by Gasteiger charge is 2.17. The van der Waals surface area contributed by atoms with Crippen molar-refractivity contribution in [3.63, 3.8) is 0 Å². The number of halogens is 1. The number of carbonyl (C=O) groups is 1. The van der Waals surface area contributed by atoms with Gasteiger partial charge in [0.2, 0.25) is 0 Å². The van der Waals surface area contributed by atoms with Gasteiger partial charge in [-0.1, -0.05) is 20.3 Å². The molecule has 0 aromatic rings. The molecule has 4 heteroatoms. The van der Waals surface area contributed by atoms with E-state index in [1.54, 1.807) is 0 Å². The summed E-state index contributed by atoms with van der Waals surface area (Å²) >= 11 is 0. The Hall–Kier alpha value is -0.0900. The summed E-state index contributed by atoms with van der Waals surface area (Å²) in [7, 11) is 0. The highest BCUT2D eigenvalue weighted by Crippen LogP contribution is 2.04. The van der Waals surface area contributed by atoms with Crippen LogP contribution in [-0.2, 0) is 4.79 Å². The molecule has 0 rings (SSSR count). The highest BCUT2D eigenvalue weighted by atomic mass is 79.9. The zero-order valence-electron chi connectivity index (χ0n) is 6.20. The Morgan fingerprint density at radius 1 is 1.70 bits per heavy atom. The van der Waals surface area contributed by atoms with E-state index in [1.807, 2.05) is 13.8 Å². The molecule has 0 aromatic carbocycles. The lowest BCUT2D eigenvalue weighted by molar-refractivity contribution is -0.139. The Kier molecular flexibility index (Phi) is 7.14. The predicted octanol–water partition coefficient (Wildman–Crippen LogP) is 1.02. The van der Waals surface area contributed by atoms with Crippen molar-refractivity contribution in [3.05, 3.63) is 0 Å². The van der Waals surface area contributed by atoms with Crippen LogP contribution in [0.25, 0.3) is 0 Å². The number of hydrogen-bond acceptors (Lipinski definition) is 2. The molecule has 0 spiro atoms. The molecule has 0 saturated heterocycles. The van der Waals surface area contributed by atoms with E-state index in [1.165, 1.54) is 0 Å². The van der Waals surface area contributed by atoms with E-state index in [9.17, 15) is 4.79 Å². The van der Waals surface area contributed by atoms with Gasteiger partial charge in [-0.3, -0.25) is 4.79 Å². The molecule has 0 bridgehead atoms. The van der Waals surface area contributed by atoms with Crippen LogP contribution in [0.15, 0.2) is 0 Å². The number of hydrogen-bond donors (Lipinski definition) is 2. The van der Waals surface area contributed by atoms with Gasteiger partial charge in [0.05, 0.1) is 0 Å². The summed E-state index contributed by atoms with van der Waals surface area (Å²) in [6.45, 7) is 3.76. The van der Waals surface area contributed by atoms with Gasteiger partial charge in [-0.25, -0.2) is 0 Å². The SMILES string of the molecule is Br.CC[C@@H](C)[C@@H](N)C(=O)O. The minimum Gasteiger partial charge on any atom is -0.480 e. The van der Waals surface area contributed by atoms with Crippen LogP contribution in [0, 0.1) is 5.92 Å². The van der Waals surface area contributed by atoms with Crippen molar-refractivity contribution < 1.29 is 9.90 Å². The Morgan fingerprint density at radius 2 is 2.10 bits per heavy atom. The van der Waals surface area contributed by atoms with Gasteiger partial charge < -0.3 is 10.8 Å². The van der Waals surface area contributed by atoms with Gasteiger partial charge in [-0.2, -0.15) is 0 Å². The van der Waals surface area contributed by atoms with Crippen molar-refractivity contribution in [2.24, 2.45) is 11.7 Å². The molecular weight excluding hydrogens is 198 g/mol. The molecule has 2 atom stereocenters. The number of carboxylic acid groups (broad SMARTS) is 1. The maximum absolute atomic E-state index is 10.2. The zero-order chi connectivity index (χ0) is 7.44. The van der Waals surface area contributed by atoms with Gasteiger partial charge >= 0.3 is 5.97 Å². The van der Waals surface area contributed by atoms with Crippen molar-refractivity contribution >= 4 is 23.0 Å². The van der Waals surface area contributed by atoms with E-state index in [0.29, 0.717) is 0 Å². The summed E-state index contributed by atoms with van der Waals surface area (Å²) in [6.07, 6.45) is 0.813. The molecule has 0 aromatic heterocycles. The molecule has 0 fully saturated rings. The van der Waals surface area contributed by atoms with E-state index in [-0.39, 0.29) is 22.9 Å². The van der Waals surface area contributed by atoms with E-state index < -0.39 is 12.0 Å². The predicted molar refractivity (Wildman–Crippen MR) is 45.4 cm³/mol. The van der Waals surface area contributed by atoms with Crippen LogP contribution in [0.3, 0.4) is 0 Å². The molecule has 0 aliphatic heterocycles. The molecule has 10 heavy (non-hydrogen) atoms. The average Bonchev–Trinajstić information content (AvgIpc) is 1.84. The van der Waals surface area contributed by atoms with Gasteiger partial charge in [-0.05, 0) is 5.92 Å². The van der Waals surface area contributed by atoms with E-state index in [0.717, 1.165) is 6.42 Å². The van der Waals surface area contributed by atoms with Crippen LogP contribution in [0.2, 0.25) is 0 Å². The summed E-state index contributed by atoms with van der Waals surface area (Å²) in [5.41, 5.74) is 5.27. The van der Waals surface area contributed by atoms with E-state index >= 15 is 0 Å². The maximum atomic E-state index is 10.2. The lowest BCUT2D eigenvalue weighted by atomic mass is 10.0. The van der Waals surface area contributed by atoms with Crippen LogP contribution in [0.4, 0.5) is 0 Å². The first-order valence-corrected chi connectivity index (χ1v) is 3.08. The third kappa shape index (κ3) is 3.85. The topological polar surface area (TPSA) is 63.3 Å². The molecule has 0 aliphatic carbocycles. The highest BCUT2D eigenvalue weighted by molar-refractivity contribution is 8.93. The van der Waals surface area contributed by atoms with Crippen LogP contribution < -0.4 is 5.73 Å². The van der Waals surface area contributed by atoms with Crippen LogP contribution in [-0.4, -0.2) is 17.1 Å². The molecule has 0 saturated carbocycles. The van der Waals surface area contributed by atoms with Crippen molar-refractivity contribution in [1.82, 2.24) is 0 Å². The lowest BCUT2D eigenvalue weighted by Crippen LogP contribution is -2.36. The Balaban J connectivity index is 0. The number of rotatable bonds is 3. The summed E-state index contributed by atoms with van der Waals surface area (Å²) in [4.78, 5) is 10.2. The number of carboxylic acids is 1. The second kappa shape index (κ2) is 5.68. The Labute approximate surface area is 71.4 Å². The molecule has 0 heterocycles. The Bertz CT molecular complexity index is 108. The van der Waals surface area contributed by atoms with Crippen LogP contribution in [0.1, 0.15) is 20.3 Å². The van der Waals surface area contributed by atoms with Crippen molar-refractivity contribution in [3.8, 4) is 0 Å². The number of nitrogens with two attached hydrogens (primary N) is 1. The van der Waals surface area contributed by atoms with Crippen LogP contribution >= 0.6 is 17.0 Å². The van der Waals surface area contributed by atoms with Crippen LogP contribution in [0.5, 0.6) is 0 Å². The first kappa shape index (κ1) is 12.6. The third-order valence-corrected chi connectivity index (χ3v) is 1.54. The van der Waals surface area contributed by atoms with E-state index in [2.05, 4.69) is 0 Å². The minimum atomic E-state index is -0.913. The van der Waals surface area contributed by atoms with Crippen molar-refractivity contribution in [2.45, 2.75) is 26.3 Å². The lowest BCUT2D eigenvalue weighted by Gasteiger charge is -2.11. The van der Waals surface area contributed by atoms with Gasteiger partial charge in [0.1, 0.15) is 6.04 Å². The second-order valence-corrected chi connectivity index (χ2v) is 2.25. The molecule has 0 radical (unpaired) electrons. The molecule has 3 nitrogen and oxygen atoms in total. The molecular formula is C6H14BrNO2. The standard InChI is InChI=1S/C6H13NO2.BrH/c1-3-4(2)5(7)6(8)9;/h4-5H,3,7H2,1-2H3,(H,8,9);1H/t4-,5-;/m1./s1. The first-order valence-electron chi connectivity index (χ1n) is 3.08. The largest absolute Gasteiger partial charge is 0.480 e. The molecule has 3 N–H and O–H groups in total. The van der Waals surface area contributed by atoms with Crippen molar-refractivity contribution in [1.29, 1.82) is 0 Å². The third-order valence-electron chi connectivity index (χ3n) is 1.54. The minimum absolute atomic E-state index is 0. The summed E-state index contributed by atoms with van der Waals surface area (Å²) in [5.74, 6) is -0.841. The normalized spacial score (nSPS) is 15.1. The fourth-order valence-electron chi connectivity index (χ4n) is 0.497. The quantitative estimate of drug-likeness (QED) is 0.734. The van der Waals surface area contributed by atoms with Gasteiger partial charge in [-0.15, -0.1) is 17.0 Å². The fraction of sp³-hybridized carbons (Fsp3) is 0.833. The average molecular weight is 212 g/mol. The maximum Gasteiger partial charge on any atom is 0.320 e. The summed E-state index contributed by atoms with van der Waals surface area (Å²) in [6, 6.07) is -0.699. The van der Waals surface area contributed by atoms with E-state index in [4.69, 9.17) is 10.8 Å². The summed E-state index contributed by atoms with van der Waals surface area (Å²) < 4.78 is 0. The monoisotopic (exact) mass is 211 g/mol. The molecule has 0 aliphatic rings. The van der Waals surface area contributed by atoms with Gasteiger partial charge in [0.15, 0.2) is 0 Å².